The van der Waals surface area contributed by atoms with Gasteiger partial charge in [-0.15, -0.1) is 11.3 Å². The van der Waals surface area contributed by atoms with E-state index in [2.05, 4.69) is 37.9 Å². The highest BCUT2D eigenvalue weighted by molar-refractivity contribution is 7.17. The first-order chi connectivity index (χ1) is 14.5. The summed E-state index contributed by atoms with van der Waals surface area (Å²) in [5.74, 6) is 2.28. The van der Waals surface area contributed by atoms with Crippen molar-refractivity contribution in [1.29, 1.82) is 0 Å². The molecule has 1 aromatic carbocycles. The molecule has 1 fully saturated rings. The summed E-state index contributed by atoms with van der Waals surface area (Å²) in [7, 11) is 1.87. The molecular formula is C22H22N6OS. The monoisotopic (exact) mass is 418 g/mol. The fourth-order valence-electron chi connectivity index (χ4n) is 4.04. The largest absolute Gasteiger partial charge is 0.358 e. The summed E-state index contributed by atoms with van der Waals surface area (Å²) in [6.07, 6.45) is 0.707. The maximum atomic E-state index is 13.2. The number of amides is 1. The van der Waals surface area contributed by atoms with Gasteiger partial charge in [0, 0.05) is 30.6 Å². The standard InChI is InChI=1S/C22H22N6OS/c1-13-11-18(27(3)26-13)28-10-9-17(22(28)29)25-20-19-16(15-7-5-4-6-8-15)12-30-21(19)24-14(2)23-20/h4-8,11-12,17H,9-10H2,1-3H3,(H,23,24,25). The summed E-state index contributed by atoms with van der Waals surface area (Å²) >= 11 is 1.60. The number of thiophene rings is 1. The minimum Gasteiger partial charge on any atom is -0.358 e. The normalized spacial score (nSPS) is 16.6. The first-order valence-corrected chi connectivity index (χ1v) is 10.8. The number of benzene rings is 1. The van der Waals surface area contributed by atoms with Crippen LogP contribution in [0.1, 0.15) is 17.9 Å². The number of rotatable bonds is 4. The summed E-state index contributed by atoms with van der Waals surface area (Å²) < 4.78 is 1.76. The average Bonchev–Trinajstić information content (AvgIpc) is 3.40. The Morgan fingerprint density at radius 2 is 1.97 bits per heavy atom. The van der Waals surface area contributed by atoms with E-state index in [-0.39, 0.29) is 11.9 Å². The van der Waals surface area contributed by atoms with E-state index in [1.54, 1.807) is 20.9 Å². The number of fused-ring (bicyclic) bond motifs is 1. The zero-order chi connectivity index (χ0) is 20.8. The van der Waals surface area contributed by atoms with E-state index in [0.29, 0.717) is 18.8 Å². The number of carbonyl (C=O) groups excluding carboxylic acids is 1. The SMILES string of the molecule is Cc1cc(N2CCC(Nc3nc(C)nc4scc(-c5ccccc5)c34)C2=O)n(C)n1. The molecule has 1 amide bonds. The van der Waals surface area contributed by atoms with Crippen molar-refractivity contribution < 1.29 is 4.79 Å². The molecule has 4 heterocycles. The number of anilines is 2. The van der Waals surface area contributed by atoms with Crippen LogP contribution in [0.5, 0.6) is 0 Å². The van der Waals surface area contributed by atoms with Crippen molar-refractivity contribution in [2.45, 2.75) is 26.3 Å². The molecule has 1 saturated heterocycles. The van der Waals surface area contributed by atoms with Crippen LogP contribution in [0.2, 0.25) is 0 Å². The highest BCUT2D eigenvalue weighted by Gasteiger charge is 2.35. The van der Waals surface area contributed by atoms with Crippen LogP contribution >= 0.6 is 11.3 Å². The third kappa shape index (κ3) is 3.13. The van der Waals surface area contributed by atoms with Gasteiger partial charge in [0.2, 0.25) is 0 Å². The summed E-state index contributed by atoms with van der Waals surface area (Å²) in [6, 6.07) is 11.8. The molecule has 30 heavy (non-hydrogen) atoms. The van der Waals surface area contributed by atoms with Crippen molar-refractivity contribution in [3.8, 4) is 11.1 Å². The Morgan fingerprint density at radius 3 is 2.70 bits per heavy atom. The van der Waals surface area contributed by atoms with E-state index >= 15 is 0 Å². The van der Waals surface area contributed by atoms with Crippen LogP contribution in [0.4, 0.5) is 11.6 Å². The van der Waals surface area contributed by atoms with Crippen LogP contribution < -0.4 is 10.2 Å². The molecule has 0 aliphatic carbocycles. The van der Waals surface area contributed by atoms with Crippen LogP contribution in [0, 0.1) is 13.8 Å². The molecule has 0 saturated carbocycles. The van der Waals surface area contributed by atoms with Gasteiger partial charge in [0.15, 0.2) is 0 Å². The van der Waals surface area contributed by atoms with Gasteiger partial charge in [0.1, 0.15) is 28.3 Å². The van der Waals surface area contributed by atoms with Crippen molar-refractivity contribution in [3.05, 3.63) is 53.3 Å². The molecule has 1 unspecified atom stereocenters. The van der Waals surface area contributed by atoms with Gasteiger partial charge in [-0.25, -0.2) is 9.97 Å². The molecule has 4 aromatic rings. The molecule has 1 aliphatic heterocycles. The Morgan fingerprint density at radius 1 is 1.17 bits per heavy atom. The molecule has 0 spiro atoms. The Kier molecular flexibility index (Phi) is 4.51. The Balaban J connectivity index is 1.51. The van der Waals surface area contributed by atoms with E-state index in [9.17, 15) is 4.79 Å². The quantitative estimate of drug-likeness (QED) is 0.544. The van der Waals surface area contributed by atoms with Gasteiger partial charge in [0.05, 0.1) is 11.1 Å². The first kappa shape index (κ1) is 18.7. The second kappa shape index (κ2) is 7.21. The number of nitrogens with zero attached hydrogens (tertiary/aromatic N) is 5. The number of nitrogens with one attached hydrogen (secondary N) is 1. The van der Waals surface area contributed by atoms with E-state index in [0.717, 1.165) is 38.7 Å². The molecule has 5 rings (SSSR count). The molecule has 1 atom stereocenters. The Labute approximate surface area is 178 Å². The third-order valence-corrected chi connectivity index (χ3v) is 6.27. The molecule has 0 bridgehead atoms. The predicted molar refractivity (Wildman–Crippen MR) is 120 cm³/mol. The summed E-state index contributed by atoms with van der Waals surface area (Å²) in [4.78, 5) is 25.2. The van der Waals surface area contributed by atoms with Crippen molar-refractivity contribution in [3.63, 3.8) is 0 Å². The van der Waals surface area contributed by atoms with Gasteiger partial charge in [-0.1, -0.05) is 30.3 Å². The lowest BCUT2D eigenvalue weighted by Gasteiger charge is -2.18. The molecule has 7 nitrogen and oxygen atoms in total. The maximum Gasteiger partial charge on any atom is 0.250 e. The van der Waals surface area contributed by atoms with E-state index in [1.807, 2.05) is 45.2 Å². The fraction of sp³-hybridized carbons (Fsp3) is 0.273. The number of hydrogen-bond donors (Lipinski definition) is 1. The average molecular weight is 419 g/mol. The zero-order valence-electron chi connectivity index (χ0n) is 17.1. The van der Waals surface area contributed by atoms with Gasteiger partial charge in [-0.3, -0.25) is 14.4 Å². The van der Waals surface area contributed by atoms with Crippen molar-refractivity contribution >= 4 is 39.1 Å². The maximum absolute atomic E-state index is 13.2. The lowest BCUT2D eigenvalue weighted by atomic mass is 10.1. The second-order valence-corrected chi connectivity index (χ2v) is 8.42. The summed E-state index contributed by atoms with van der Waals surface area (Å²) in [6.45, 7) is 4.47. The van der Waals surface area contributed by atoms with Crippen LogP contribution in [0.3, 0.4) is 0 Å². The molecule has 1 N–H and O–H groups in total. The predicted octanol–water partition coefficient (Wildman–Crippen LogP) is 3.93. The molecule has 3 aromatic heterocycles. The van der Waals surface area contributed by atoms with Crippen molar-refractivity contribution in [2.75, 3.05) is 16.8 Å². The molecule has 152 valence electrons. The summed E-state index contributed by atoms with van der Waals surface area (Å²) in [5.41, 5.74) is 3.10. The Hall–Kier alpha value is -3.26. The third-order valence-electron chi connectivity index (χ3n) is 5.40. The lowest BCUT2D eigenvalue weighted by molar-refractivity contribution is -0.117. The molecule has 8 heteroatoms. The minimum absolute atomic E-state index is 0.0407. The molecule has 1 aliphatic rings. The van der Waals surface area contributed by atoms with E-state index in [4.69, 9.17) is 0 Å². The highest BCUT2D eigenvalue weighted by atomic mass is 32.1. The van der Waals surface area contributed by atoms with Gasteiger partial charge < -0.3 is 5.32 Å². The van der Waals surface area contributed by atoms with Crippen LogP contribution in [-0.2, 0) is 11.8 Å². The van der Waals surface area contributed by atoms with Crippen LogP contribution in [0.15, 0.2) is 41.8 Å². The van der Waals surface area contributed by atoms with E-state index in [1.165, 1.54) is 0 Å². The summed E-state index contributed by atoms with van der Waals surface area (Å²) in [5, 5.41) is 10.9. The van der Waals surface area contributed by atoms with Gasteiger partial charge >= 0.3 is 0 Å². The van der Waals surface area contributed by atoms with Crippen LogP contribution in [0.25, 0.3) is 21.3 Å². The number of carbonyl (C=O) groups is 1. The van der Waals surface area contributed by atoms with Gasteiger partial charge in [-0.05, 0) is 25.8 Å². The Bertz CT molecular complexity index is 1250. The van der Waals surface area contributed by atoms with Gasteiger partial charge in [-0.2, -0.15) is 5.10 Å². The fourth-order valence-corrected chi connectivity index (χ4v) is 5.03. The zero-order valence-corrected chi connectivity index (χ0v) is 17.9. The number of aryl methyl sites for hydroxylation is 3. The topological polar surface area (TPSA) is 75.9 Å². The smallest absolute Gasteiger partial charge is 0.250 e. The van der Waals surface area contributed by atoms with Crippen molar-refractivity contribution in [1.82, 2.24) is 19.7 Å². The highest BCUT2D eigenvalue weighted by Crippen LogP contribution is 2.37. The molecular weight excluding hydrogens is 396 g/mol. The van der Waals surface area contributed by atoms with Crippen LogP contribution in [-0.4, -0.2) is 38.2 Å². The lowest BCUT2D eigenvalue weighted by Crippen LogP contribution is -2.34. The van der Waals surface area contributed by atoms with E-state index < -0.39 is 0 Å². The van der Waals surface area contributed by atoms with Gasteiger partial charge in [0.25, 0.3) is 5.91 Å². The molecule has 0 radical (unpaired) electrons. The minimum atomic E-state index is -0.332. The first-order valence-electron chi connectivity index (χ1n) is 9.91. The number of aromatic nitrogens is 4. The number of hydrogen-bond acceptors (Lipinski definition) is 6. The van der Waals surface area contributed by atoms with Crippen molar-refractivity contribution in [2.24, 2.45) is 7.05 Å². The second-order valence-electron chi connectivity index (χ2n) is 7.56.